The molecular weight excluding hydrogens is 296 g/mol. The number of carbonyl (C=O) groups is 1. The molecular formula is C21H28N2O. The molecule has 0 aliphatic carbocycles. The van der Waals surface area contributed by atoms with E-state index in [0.29, 0.717) is 0 Å². The Morgan fingerprint density at radius 3 is 1.71 bits per heavy atom. The molecule has 0 fully saturated rings. The molecule has 3 nitrogen and oxygen atoms in total. The maximum absolute atomic E-state index is 12.3. The highest BCUT2D eigenvalue weighted by Crippen LogP contribution is 2.12. The molecule has 2 rings (SSSR count). The fourth-order valence-corrected chi connectivity index (χ4v) is 2.63. The number of nitrogens with one attached hydrogen (secondary N) is 1. The summed E-state index contributed by atoms with van der Waals surface area (Å²) in [6.45, 7) is 3.49. The third-order valence-corrected chi connectivity index (χ3v) is 4.17. The Morgan fingerprint density at radius 2 is 1.33 bits per heavy atom. The number of rotatable bonds is 8. The van der Waals surface area contributed by atoms with E-state index in [1.165, 1.54) is 11.1 Å². The third-order valence-electron chi connectivity index (χ3n) is 4.17. The molecule has 0 aliphatic rings. The molecule has 1 amide bonds. The van der Waals surface area contributed by atoms with Crippen LogP contribution in [0.25, 0.3) is 0 Å². The summed E-state index contributed by atoms with van der Waals surface area (Å²) >= 11 is 0. The SMILES string of the molecule is CC(C)(N)C(=O)NC(CCc1ccccc1)CCc1ccccc1. The van der Waals surface area contributed by atoms with Crippen LogP contribution in [0.1, 0.15) is 37.8 Å². The topological polar surface area (TPSA) is 55.1 Å². The zero-order valence-electron chi connectivity index (χ0n) is 14.7. The van der Waals surface area contributed by atoms with Crippen molar-refractivity contribution in [1.29, 1.82) is 0 Å². The minimum Gasteiger partial charge on any atom is -0.352 e. The van der Waals surface area contributed by atoms with Gasteiger partial charge in [-0.3, -0.25) is 4.79 Å². The van der Waals surface area contributed by atoms with Crippen LogP contribution in [0.2, 0.25) is 0 Å². The Labute approximate surface area is 145 Å². The van der Waals surface area contributed by atoms with Crippen LogP contribution in [-0.4, -0.2) is 17.5 Å². The average molecular weight is 324 g/mol. The Hall–Kier alpha value is -2.13. The predicted octanol–water partition coefficient (Wildman–Crippen LogP) is 3.47. The number of hydrogen-bond acceptors (Lipinski definition) is 2. The van der Waals surface area contributed by atoms with E-state index in [1.54, 1.807) is 13.8 Å². The first-order valence-corrected chi connectivity index (χ1v) is 8.63. The van der Waals surface area contributed by atoms with E-state index in [1.807, 2.05) is 12.1 Å². The van der Waals surface area contributed by atoms with Crippen LogP contribution in [0.4, 0.5) is 0 Å². The van der Waals surface area contributed by atoms with Crippen molar-refractivity contribution in [3.05, 3.63) is 71.8 Å². The third kappa shape index (κ3) is 6.17. The Bertz CT molecular complexity index is 574. The number of hydrogen-bond donors (Lipinski definition) is 2. The van der Waals surface area contributed by atoms with Gasteiger partial charge in [0, 0.05) is 6.04 Å². The monoisotopic (exact) mass is 324 g/mol. The van der Waals surface area contributed by atoms with Crippen molar-refractivity contribution in [3.63, 3.8) is 0 Å². The Balaban J connectivity index is 1.96. The molecule has 2 aromatic rings. The minimum absolute atomic E-state index is 0.0892. The average Bonchev–Trinajstić information content (AvgIpc) is 2.58. The van der Waals surface area contributed by atoms with Gasteiger partial charge in [-0.1, -0.05) is 60.7 Å². The summed E-state index contributed by atoms with van der Waals surface area (Å²) in [4.78, 5) is 12.3. The number of benzene rings is 2. The van der Waals surface area contributed by atoms with E-state index in [4.69, 9.17) is 5.73 Å². The van der Waals surface area contributed by atoms with Crippen LogP contribution in [0.3, 0.4) is 0 Å². The van der Waals surface area contributed by atoms with E-state index in [-0.39, 0.29) is 11.9 Å². The largest absolute Gasteiger partial charge is 0.352 e. The lowest BCUT2D eigenvalue weighted by atomic mass is 9.97. The van der Waals surface area contributed by atoms with Crippen molar-refractivity contribution in [2.45, 2.75) is 51.1 Å². The van der Waals surface area contributed by atoms with Gasteiger partial charge >= 0.3 is 0 Å². The second-order valence-corrected chi connectivity index (χ2v) is 6.94. The summed E-state index contributed by atoms with van der Waals surface area (Å²) < 4.78 is 0. The maximum Gasteiger partial charge on any atom is 0.239 e. The van der Waals surface area contributed by atoms with Gasteiger partial charge in [-0.15, -0.1) is 0 Å². The number of amides is 1. The molecule has 3 heteroatoms. The normalized spacial score (nSPS) is 11.5. The lowest BCUT2D eigenvalue weighted by molar-refractivity contribution is -0.126. The zero-order chi connectivity index (χ0) is 17.4. The van der Waals surface area contributed by atoms with Gasteiger partial charge in [-0.2, -0.15) is 0 Å². The van der Waals surface area contributed by atoms with Gasteiger partial charge in [0.2, 0.25) is 5.91 Å². The number of carbonyl (C=O) groups excluding carboxylic acids is 1. The molecule has 0 spiro atoms. The molecule has 0 atom stereocenters. The molecule has 128 valence electrons. The fourth-order valence-electron chi connectivity index (χ4n) is 2.63. The summed E-state index contributed by atoms with van der Waals surface area (Å²) in [5, 5.41) is 3.13. The van der Waals surface area contributed by atoms with Crippen LogP contribution in [0.5, 0.6) is 0 Å². The molecule has 0 saturated heterocycles. The molecule has 0 aromatic heterocycles. The fraction of sp³-hybridized carbons (Fsp3) is 0.381. The van der Waals surface area contributed by atoms with Gasteiger partial charge in [0.1, 0.15) is 0 Å². The zero-order valence-corrected chi connectivity index (χ0v) is 14.7. The molecule has 2 aromatic carbocycles. The maximum atomic E-state index is 12.3. The van der Waals surface area contributed by atoms with E-state index >= 15 is 0 Å². The first kappa shape index (κ1) is 18.2. The van der Waals surface area contributed by atoms with Crippen LogP contribution in [0, 0.1) is 0 Å². The molecule has 0 aliphatic heterocycles. The summed E-state index contributed by atoms with van der Waals surface area (Å²) in [6.07, 6.45) is 3.73. The van der Waals surface area contributed by atoms with Crippen LogP contribution in [0.15, 0.2) is 60.7 Å². The molecule has 3 N–H and O–H groups in total. The summed E-state index contributed by atoms with van der Waals surface area (Å²) in [7, 11) is 0. The van der Waals surface area contributed by atoms with Crippen molar-refractivity contribution in [1.82, 2.24) is 5.32 Å². The van der Waals surface area contributed by atoms with Gasteiger partial charge in [0.25, 0.3) is 0 Å². The molecule has 0 unspecified atom stereocenters. The van der Waals surface area contributed by atoms with E-state index in [2.05, 4.69) is 53.8 Å². The van der Waals surface area contributed by atoms with Crippen molar-refractivity contribution in [2.75, 3.05) is 0 Å². The van der Waals surface area contributed by atoms with E-state index < -0.39 is 5.54 Å². The van der Waals surface area contributed by atoms with Crippen LogP contribution < -0.4 is 11.1 Å². The molecule has 0 radical (unpaired) electrons. The van der Waals surface area contributed by atoms with Crippen LogP contribution in [-0.2, 0) is 17.6 Å². The smallest absolute Gasteiger partial charge is 0.239 e. The standard InChI is InChI=1S/C21H28N2O/c1-21(2,22)20(24)23-19(15-13-17-9-5-3-6-10-17)16-14-18-11-7-4-8-12-18/h3-12,19H,13-16,22H2,1-2H3,(H,23,24). The second-order valence-electron chi connectivity index (χ2n) is 6.94. The highest BCUT2D eigenvalue weighted by molar-refractivity contribution is 5.85. The van der Waals surface area contributed by atoms with E-state index in [9.17, 15) is 4.79 Å². The van der Waals surface area contributed by atoms with Gasteiger partial charge in [0.05, 0.1) is 5.54 Å². The predicted molar refractivity (Wildman–Crippen MR) is 99.7 cm³/mol. The summed E-state index contributed by atoms with van der Waals surface area (Å²) in [6, 6.07) is 20.9. The molecule has 0 bridgehead atoms. The van der Waals surface area contributed by atoms with Gasteiger partial charge in [-0.25, -0.2) is 0 Å². The first-order chi connectivity index (χ1) is 11.4. The van der Waals surface area contributed by atoms with Crippen molar-refractivity contribution in [3.8, 4) is 0 Å². The quantitative estimate of drug-likeness (QED) is 0.781. The van der Waals surface area contributed by atoms with Gasteiger partial charge < -0.3 is 11.1 Å². The number of nitrogens with two attached hydrogens (primary N) is 1. The van der Waals surface area contributed by atoms with Crippen molar-refractivity contribution >= 4 is 5.91 Å². The summed E-state index contributed by atoms with van der Waals surface area (Å²) in [5.41, 5.74) is 7.67. The summed E-state index contributed by atoms with van der Waals surface area (Å²) in [5.74, 6) is -0.0892. The first-order valence-electron chi connectivity index (χ1n) is 8.63. The minimum atomic E-state index is -0.849. The number of aryl methyl sites for hydroxylation is 2. The van der Waals surface area contributed by atoms with Crippen molar-refractivity contribution < 1.29 is 4.79 Å². The van der Waals surface area contributed by atoms with Crippen molar-refractivity contribution in [2.24, 2.45) is 5.73 Å². The van der Waals surface area contributed by atoms with E-state index in [0.717, 1.165) is 25.7 Å². The Morgan fingerprint density at radius 1 is 0.917 bits per heavy atom. The molecule has 0 saturated carbocycles. The highest BCUT2D eigenvalue weighted by atomic mass is 16.2. The van der Waals surface area contributed by atoms with Gasteiger partial charge in [0.15, 0.2) is 0 Å². The van der Waals surface area contributed by atoms with Crippen LogP contribution >= 0.6 is 0 Å². The molecule has 0 heterocycles. The second kappa shape index (κ2) is 8.65. The lowest BCUT2D eigenvalue weighted by Crippen LogP contribution is -2.52. The Kier molecular flexibility index (Phi) is 6.56. The molecule has 24 heavy (non-hydrogen) atoms. The highest BCUT2D eigenvalue weighted by Gasteiger charge is 2.24. The lowest BCUT2D eigenvalue weighted by Gasteiger charge is -2.24. The van der Waals surface area contributed by atoms with Gasteiger partial charge in [-0.05, 0) is 50.7 Å².